The van der Waals surface area contributed by atoms with Crippen molar-refractivity contribution in [3.05, 3.63) is 11.9 Å². The lowest BCUT2D eigenvalue weighted by atomic mass is 10.5. The topological polar surface area (TPSA) is 64.2 Å². The Morgan fingerprint density at radius 1 is 0.947 bits per heavy atom. The van der Waals surface area contributed by atoms with Gasteiger partial charge in [-0.05, 0) is 6.92 Å². The summed E-state index contributed by atoms with van der Waals surface area (Å²) in [6.45, 7) is 7.06. The van der Waals surface area contributed by atoms with Crippen LogP contribution in [0.25, 0.3) is 0 Å². The lowest BCUT2D eigenvalue weighted by Gasteiger charge is -2.14. The lowest BCUT2D eigenvalue weighted by Crippen LogP contribution is -2.38. The third-order valence-corrected chi connectivity index (χ3v) is 2.40. The van der Waals surface area contributed by atoms with E-state index in [0.717, 1.165) is 12.2 Å². The first kappa shape index (κ1) is 16.2. The van der Waals surface area contributed by atoms with E-state index in [1.165, 1.54) is 0 Å². The van der Waals surface area contributed by atoms with E-state index in [4.69, 9.17) is 18.9 Å². The van der Waals surface area contributed by atoms with Gasteiger partial charge in [0.2, 0.25) is 0 Å². The second-order valence-corrected chi connectivity index (χ2v) is 4.07. The smallest absolute Gasteiger partial charge is 0.0701 e. The molecule has 0 bridgehead atoms. The summed E-state index contributed by atoms with van der Waals surface area (Å²) in [6, 6.07) is 0. The zero-order valence-corrected chi connectivity index (χ0v) is 11.8. The van der Waals surface area contributed by atoms with Gasteiger partial charge in [0.1, 0.15) is 0 Å². The van der Waals surface area contributed by atoms with Crippen molar-refractivity contribution in [1.29, 1.82) is 0 Å². The highest BCUT2D eigenvalue weighted by Gasteiger charge is 2.05. The molecule has 112 valence electrons. The van der Waals surface area contributed by atoms with Crippen LogP contribution in [0.3, 0.4) is 0 Å². The van der Waals surface area contributed by atoms with E-state index in [0.29, 0.717) is 46.2 Å². The minimum Gasteiger partial charge on any atom is -0.382 e. The molecular weight excluding hydrogens is 250 g/mol. The van der Waals surface area contributed by atoms with E-state index in [2.05, 4.69) is 11.0 Å². The van der Waals surface area contributed by atoms with E-state index in [1.54, 1.807) is 7.11 Å². The molecule has 1 aliphatic rings. The number of nitrogens with one attached hydrogen (secondary N) is 2. The molecule has 1 heterocycles. The molecule has 0 aromatic carbocycles. The molecule has 0 aromatic heterocycles. The fraction of sp³-hybridized carbons (Fsp3) is 0.833. The molecule has 0 unspecified atom stereocenters. The molecule has 0 saturated carbocycles. The molecule has 0 amide bonds. The molecule has 0 aromatic rings. The minimum absolute atomic E-state index is 0.590. The minimum atomic E-state index is 0.590. The first-order valence-corrected chi connectivity index (χ1v) is 6.52. The van der Waals surface area contributed by atoms with Crippen LogP contribution in [0.1, 0.15) is 6.92 Å². The zero-order valence-electron chi connectivity index (χ0n) is 11.8. The van der Waals surface area contributed by atoms with E-state index < -0.39 is 0 Å². The van der Waals surface area contributed by atoms with Crippen molar-refractivity contribution in [2.24, 2.45) is 0 Å². The fourth-order valence-electron chi connectivity index (χ4n) is 1.43. The van der Waals surface area contributed by atoms with Crippen LogP contribution in [0.15, 0.2) is 11.9 Å². The molecule has 0 saturated heterocycles. The number of hydrogen-bond acceptors (Lipinski definition) is 7. The second-order valence-electron chi connectivity index (χ2n) is 4.07. The predicted molar refractivity (Wildman–Crippen MR) is 71.1 cm³/mol. The molecule has 1 aliphatic heterocycles. The predicted octanol–water partition coefficient (Wildman–Crippen LogP) is -0.131. The van der Waals surface area contributed by atoms with Crippen molar-refractivity contribution >= 4 is 0 Å². The first-order valence-electron chi connectivity index (χ1n) is 6.52. The maximum atomic E-state index is 5.45. The highest BCUT2D eigenvalue weighted by molar-refractivity contribution is 4.96. The van der Waals surface area contributed by atoms with Gasteiger partial charge in [-0.25, -0.2) is 0 Å². The first-order chi connectivity index (χ1) is 9.33. The number of hydrogen-bond donors (Lipinski definition) is 2. The molecule has 0 atom stereocenters. The number of hydrazine groups is 2. The molecule has 7 heteroatoms. The summed E-state index contributed by atoms with van der Waals surface area (Å²) < 4.78 is 20.9. The van der Waals surface area contributed by atoms with Crippen LogP contribution < -0.4 is 11.0 Å². The quantitative estimate of drug-likeness (QED) is 0.481. The van der Waals surface area contributed by atoms with E-state index in [9.17, 15) is 0 Å². The van der Waals surface area contributed by atoms with Gasteiger partial charge in [-0.1, -0.05) is 0 Å². The van der Waals surface area contributed by atoms with Crippen LogP contribution in [-0.2, 0) is 18.9 Å². The molecule has 2 N–H and O–H groups in total. The highest BCUT2D eigenvalue weighted by Crippen LogP contribution is 1.96. The van der Waals surface area contributed by atoms with Crippen LogP contribution in [0.4, 0.5) is 0 Å². The summed E-state index contributed by atoms with van der Waals surface area (Å²) >= 11 is 0. The monoisotopic (exact) mass is 275 g/mol. The van der Waals surface area contributed by atoms with Gasteiger partial charge in [-0.15, -0.1) is 5.53 Å². The summed E-state index contributed by atoms with van der Waals surface area (Å²) in [5.41, 5.74) is 7.08. The van der Waals surface area contributed by atoms with Crippen molar-refractivity contribution < 1.29 is 18.9 Å². The highest BCUT2D eigenvalue weighted by atomic mass is 16.6. The lowest BCUT2D eigenvalue weighted by molar-refractivity contribution is 0.00112. The Bertz CT molecular complexity index is 251. The molecule has 0 aliphatic carbocycles. The summed E-state index contributed by atoms with van der Waals surface area (Å²) in [7, 11) is 1.65. The summed E-state index contributed by atoms with van der Waals surface area (Å²) in [6.07, 6.45) is 2.00. The second kappa shape index (κ2) is 11.0. The van der Waals surface area contributed by atoms with Crippen molar-refractivity contribution in [2.75, 3.05) is 59.9 Å². The summed E-state index contributed by atoms with van der Waals surface area (Å²) in [5, 5.41) is 1.94. The van der Waals surface area contributed by atoms with Crippen molar-refractivity contribution in [3.8, 4) is 0 Å². The summed E-state index contributed by atoms with van der Waals surface area (Å²) in [4.78, 5) is 0. The van der Waals surface area contributed by atoms with Gasteiger partial charge in [0.25, 0.3) is 0 Å². The number of rotatable bonds is 12. The molecule has 7 nitrogen and oxygen atoms in total. The molecular formula is C12H25N3O4. The fourth-order valence-corrected chi connectivity index (χ4v) is 1.43. The number of methoxy groups -OCH3 is 1. The average molecular weight is 275 g/mol. The third kappa shape index (κ3) is 8.79. The van der Waals surface area contributed by atoms with Gasteiger partial charge in [0, 0.05) is 19.0 Å². The zero-order chi connectivity index (χ0) is 13.8. The molecule has 0 fully saturated rings. The molecule has 1 rings (SSSR count). The van der Waals surface area contributed by atoms with Crippen molar-refractivity contribution in [1.82, 2.24) is 16.0 Å². The number of ether oxygens (including phenoxy) is 4. The Balaban J connectivity index is 1.74. The molecule has 0 radical (unpaired) electrons. The Hall–Kier alpha value is -0.860. The van der Waals surface area contributed by atoms with Crippen LogP contribution in [0.2, 0.25) is 0 Å². The van der Waals surface area contributed by atoms with E-state index >= 15 is 0 Å². The van der Waals surface area contributed by atoms with Crippen LogP contribution >= 0.6 is 0 Å². The molecule has 0 spiro atoms. The largest absolute Gasteiger partial charge is 0.382 e. The maximum absolute atomic E-state index is 5.45. The van der Waals surface area contributed by atoms with E-state index in [-0.39, 0.29) is 0 Å². The van der Waals surface area contributed by atoms with Crippen LogP contribution in [0.5, 0.6) is 0 Å². The van der Waals surface area contributed by atoms with Gasteiger partial charge in [-0.2, -0.15) is 0 Å². The Morgan fingerprint density at radius 2 is 1.53 bits per heavy atom. The van der Waals surface area contributed by atoms with Crippen molar-refractivity contribution in [3.63, 3.8) is 0 Å². The van der Waals surface area contributed by atoms with Gasteiger partial charge < -0.3 is 24.4 Å². The van der Waals surface area contributed by atoms with E-state index in [1.807, 2.05) is 18.1 Å². The maximum Gasteiger partial charge on any atom is 0.0701 e. The number of allylic oxidation sites excluding steroid dienone is 1. The Labute approximate surface area is 114 Å². The summed E-state index contributed by atoms with van der Waals surface area (Å²) in [5.74, 6) is 0. The average Bonchev–Trinajstić information content (AvgIpc) is 2.82. The molecule has 19 heavy (non-hydrogen) atoms. The normalized spacial score (nSPS) is 14.6. The SMILES string of the molecule is COCCOCCOCCOCCN1C=C(C)NN1. The van der Waals surface area contributed by atoms with Crippen LogP contribution in [0, 0.1) is 0 Å². The van der Waals surface area contributed by atoms with Gasteiger partial charge in [0.15, 0.2) is 0 Å². The Kier molecular flexibility index (Phi) is 9.38. The van der Waals surface area contributed by atoms with Gasteiger partial charge in [0.05, 0.1) is 52.8 Å². The standard InChI is InChI=1S/C12H25N3O4/c1-12-11-15(14-13-12)3-4-17-7-8-19-10-9-18-6-5-16-2/h11,13-14H,3-10H2,1-2H3. The third-order valence-electron chi connectivity index (χ3n) is 2.40. The Morgan fingerprint density at radius 3 is 2.05 bits per heavy atom. The van der Waals surface area contributed by atoms with Crippen molar-refractivity contribution in [2.45, 2.75) is 6.92 Å². The van der Waals surface area contributed by atoms with Crippen LogP contribution in [-0.4, -0.2) is 64.9 Å². The van der Waals surface area contributed by atoms with Gasteiger partial charge >= 0.3 is 0 Å². The number of nitrogens with zero attached hydrogens (tertiary/aromatic N) is 1. The van der Waals surface area contributed by atoms with Gasteiger partial charge in [-0.3, -0.25) is 5.01 Å².